The summed E-state index contributed by atoms with van der Waals surface area (Å²) < 4.78 is 10.5. The third kappa shape index (κ3) is 3.20. The number of carbonyl (C=O) groups excluding carboxylic acids is 1. The second-order valence-electron chi connectivity index (χ2n) is 5.85. The van der Waals surface area contributed by atoms with Crippen LogP contribution in [0.2, 0.25) is 0 Å². The molecule has 0 aliphatic rings. The molecule has 0 bridgehead atoms. The second kappa shape index (κ2) is 5.67. The summed E-state index contributed by atoms with van der Waals surface area (Å²) in [6.07, 6.45) is 0. The van der Waals surface area contributed by atoms with E-state index >= 15 is 0 Å². The second-order valence-corrected chi connectivity index (χ2v) is 5.85. The van der Waals surface area contributed by atoms with Crippen LogP contribution in [0.5, 0.6) is 5.75 Å². The maximum atomic E-state index is 12.3. The van der Waals surface area contributed by atoms with E-state index in [0.717, 1.165) is 16.7 Å². The SMILES string of the molecule is COCCOc1ccc2[nH]c(C(=O)C(C)(C)C)cc2c1. The zero-order chi connectivity index (χ0) is 14.8. The van der Waals surface area contributed by atoms with Crippen LogP contribution in [-0.2, 0) is 4.74 Å². The number of Topliss-reactive ketones (excluding diaryl/α,β-unsaturated/α-hetero) is 1. The Balaban J connectivity index is 2.24. The van der Waals surface area contributed by atoms with Crippen LogP contribution in [-0.4, -0.2) is 31.1 Å². The number of H-pyrrole nitrogens is 1. The number of methoxy groups -OCH3 is 1. The van der Waals surface area contributed by atoms with E-state index in [1.54, 1.807) is 7.11 Å². The first kappa shape index (κ1) is 14.6. The van der Waals surface area contributed by atoms with E-state index in [-0.39, 0.29) is 5.78 Å². The number of aromatic nitrogens is 1. The predicted octanol–water partition coefficient (Wildman–Crippen LogP) is 3.42. The van der Waals surface area contributed by atoms with Crippen LogP contribution in [0, 0.1) is 5.41 Å². The predicted molar refractivity (Wildman–Crippen MR) is 79.5 cm³/mol. The molecule has 1 aromatic heterocycles. The Morgan fingerprint density at radius 1 is 1.20 bits per heavy atom. The molecule has 0 aliphatic carbocycles. The number of ether oxygens (including phenoxy) is 2. The summed E-state index contributed by atoms with van der Waals surface area (Å²) >= 11 is 0. The van der Waals surface area contributed by atoms with Crippen molar-refractivity contribution in [3.05, 3.63) is 30.0 Å². The van der Waals surface area contributed by atoms with Crippen molar-refractivity contribution in [1.82, 2.24) is 4.98 Å². The van der Waals surface area contributed by atoms with Gasteiger partial charge < -0.3 is 14.5 Å². The minimum atomic E-state index is -0.390. The molecular formula is C16H21NO3. The molecule has 0 spiro atoms. The molecule has 0 aliphatic heterocycles. The van der Waals surface area contributed by atoms with Crippen molar-refractivity contribution in [2.75, 3.05) is 20.3 Å². The molecule has 4 heteroatoms. The maximum Gasteiger partial charge on any atom is 0.184 e. The van der Waals surface area contributed by atoms with Crippen LogP contribution in [0.1, 0.15) is 31.3 Å². The average molecular weight is 275 g/mol. The standard InChI is InChI=1S/C16H21NO3/c1-16(2,3)15(18)14-10-11-9-12(20-8-7-19-4)5-6-13(11)17-14/h5-6,9-10,17H,7-8H2,1-4H3. The van der Waals surface area contributed by atoms with Gasteiger partial charge in [0.1, 0.15) is 12.4 Å². The van der Waals surface area contributed by atoms with Gasteiger partial charge in [0.05, 0.1) is 12.3 Å². The van der Waals surface area contributed by atoms with E-state index in [1.807, 2.05) is 45.0 Å². The largest absolute Gasteiger partial charge is 0.491 e. The van der Waals surface area contributed by atoms with Crippen molar-refractivity contribution in [1.29, 1.82) is 0 Å². The number of benzene rings is 1. The summed E-state index contributed by atoms with van der Waals surface area (Å²) in [6.45, 7) is 6.82. The molecule has 0 saturated heterocycles. The van der Waals surface area contributed by atoms with Crippen molar-refractivity contribution >= 4 is 16.7 Å². The Bertz CT molecular complexity index is 608. The number of aromatic amines is 1. The first-order chi connectivity index (χ1) is 9.41. The fraction of sp³-hybridized carbons (Fsp3) is 0.438. The lowest BCUT2D eigenvalue weighted by atomic mass is 9.89. The van der Waals surface area contributed by atoms with Crippen molar-refractivity contribution in [2.45, 2.75) is 20.8 Å². The molecule has 0 atom stereocenters. The smallest absolute Gasteiger partial charge is 0.184 e. The van der Waals surface area contributed by atoms with Crippen LogP contribution in [0.15, 0.2) is 24.3 Å². The molecule has 0 unspecified atom stereocenters. The van der Waals surface area contributed by atoms with E-state index in [4.69, 9.17) is 9.47 Å². The lowest BCUT2D eigenvalue weighted by molar-refractivity contribution is 0.0854. The van der Waals surface area contributed by atoms with Gasteiger partial charge >= 0.3 is 0 Å². The van der Waals surface area contributed by atoms with Gasteiger partial charge in [0, 0.05) is 23.4 Å². The van der Waals surface area contributed by atoms with Gasteiger partial charge in [0.25, 0.3) is 0 Å². The number of rotatable bonds is 5. The van der Waals surface area contributed by atoms with Crippen molar-refractivity contribution in [3.8, 4) is 5.75 Å². The molecule has 1 N–H and O–H groups in total. The monoisotopic (exact) mass is 275 g/mol. The minimum Gasteiger partial charge on any atom is -0.491 e. The lowest BCUT2D eigenvalue weighted by Crippen LogP contribution is -2.20. The van der Waals surface area contributed by atoms with Gasteiger partial charge in [-0.15, -0.1) is 0 Å². The van der Waals surface area contributed by atoms with Crippen LogP contribution < -0.4 is 4.74 Å². The Labute approximate surface area is 119 Å². The highest BCUT2D eigenvalue weighted by atomic mass is 16.5. The molecule has 0 fully saturated rings. The Kier molecular flexibility index (Phi) is 4.14. The summed E-state index contributed by atoms with van der Waals surface area (Å²) in [5.41, 5.74) is 1.19. The zero-order valence-electron chi connectivity index (χ0n) is 12.4. The van der Waals surface area contributed by atoms with E-state index in [0.29, 0.717) is 18.9 Å². The molecule has 0 amide bonds. The quantitative estimate of drug-likeness (QED) is 0.672. The van der Waals surface area contributed by atoms with Crippen LogP contribution in [0.25, 0.3) is 10.9 Å². The first-order valence-electron chi connectivity index (χ1n) is 6.71. The average Bonchev–Trinajstić information content (AvgIpc) is 2.80. The van der Waals surface area contributed by atoms with Crippen molar-refractivity contribution in [2.24, 2.45) is 5.41 Å². The summed E-state index contributed by atoms with van der Waals surface area (Å²) in [4.78, 5) is 15.4. The highest BCUT2D eigenvalue weighted by Crippen LogP contribution is 2.26. The van der Waals surface area contributed by atoms with E-state index in [2.05, 4.69) is 4.98 Å². The molecule has 20 heavy (non-hydrogen) atoms. The molecule has 2 aromatic rings. The topological polar surface area (TPSA) is 51.3 Å². The summed E-state index contributed by atoms with van der Waals surface area (Å²) in [7, 11) is 1.64. The molecule has 1 aromatic carbocycles. The Morgan fingerprint density at radius 2 is 1.95 bits per heavy atom. The number of hydrogen-bond donors (Lipinski definition) is 1. The Morgan fingerprint density at radius 3 is 2.60 bits per heavy atom. The van der Waals surface area contributed by atoms with Crippen molar-refractivity contribution in [3.63, 3.8) is 0 Å². The van der Waals surface area contributed by atoms with Gasteiger partial charge in [-0.2, -0.15) is 0 Å². The highest BCUT2D eigenvalue weighted by molar-refractivity contribution is 6.02. The van der Waals surface area contributed by atoms with Gasteiger partial charge in [0.15, 0.2) is 5.78 Å². The van der Waals surface area contributed by atoms with Gasteiger partial charge in [-0.3, -0.25) is 4.79 Å². The number of fused-ring (bicyclic) bond motifs is 1. The molecular weight excluding hydrogens is 254 g/mol. The van der Waals surface area contributed by atoms with Gasteiger partial charge in [-0.25, -0.2) is 0 Å². The molecule has 108 valence electrons. The molecule has 1 heterocycles. The molecule has 0 saturated carbocycles. The van der Waals surface area contributed by atoms with Crippen LogP contribution >= 0.6 is 0 Å². The number of ketones is 1. The fourth-order valence-electron chi connectivity index (χ4n) is 1.97. The van der Waals surface area contributed by atoms with E-state index < -0.39 is 5.41 Å². The van der Waals surface area contributed by atoms with E-state index in [9.17, 15) is 4.79 Å². The highest BCUT2D eigenvalue weighted by Gasteiger charge is 2.24. The summed E-state index contributed by atoms with van der Waals surface area (Å²) in [6, 6.07) is 7.63. The third-order valence-electron chi connectivity index (χ3n) is 3.07. The minimum absolute atomic E-state index is 0.107. The third-order valence-corrected chi connectivity index (χ3v) is 3.07. The zero-order valence-corrected chi connectivity index (χ0v) is 12.4. The maximum absolute atomic E-state index is 12.3. The van der Waals surface area contributed by atoms with Gasteiger partial charge in [0.2, 0.25) is 0 Å². The van der Waals surface area contributed by atoms with Gasteiger partial charge in [-0.1, -0.05) is 20.8 Å². The number of carbonyl (C=O) groups is 1. The first-order valence-corrected chi connectivity index (χ1v) is 6.71. The Hall–Kier alpha value is -1.81. The van der Waals surface area contributed by atoms with Gasteiger partial charge in [-0.05, 0) is 24.3 Å². The van der Waals surface area contributed by atoms with E-state index in [1.165, 1.54) is 0 Å². The van der Waals surface area contributed by atoms with Crippen LogP contribution in [0.3, 0.4) is 0 Å². The molecule has 2 rings (SSSR count). The lowest BCUT2D eigenvalue weighted by Gasteiger charge is -2.14. The fourth-order valence-corrected chi connectivity index (χ4v) is 1.97. The molecule has 0 radical (unpaired) electrons. The number of hydrogen-bond acceptors (Lipinski definition) is 3. The normalized spacial score (nSPS) is 11.8. The summed E-state index contributed by atoms with van der Waals surface area (Å²) in [5.74, 6) is 0.888. The van der Waals surface area contributed by atoms with Crippen molar-refractivity contribution < 1.29 is 14.3 Å². The van der Waals surface area contributed by atoms with Crippen LogP contribution in [0.4, 0.5) is 0 Å². The molecule has 4 nitrogen and oxygen atoms in total. The summed E-state index contributed by atoms with van der Waals surface area (Å²) in [5, 5.41) is 0.979. The number of nitrogens with one attached hydrogen (secondary N) is 1.